The number of benzene rings is 2. The number of rotatable bonds is 6. The Labute approximate surface area is 190 Å². The van der Waals surface area contributed by atoms with Crippen molar-refractivity contribution in [3.8, 4) is 5.69 Å². The lowest BCUT2D eigenvalue weighted by Gasteiger charge is -2.26. The smallest absolute Gasteiger partial charge is 0.338 e. The third kappa shape index (κ3) is 4.43. The molecule has 9 nitrogen and oxygen atoms in total. The number of amides is 2. The van der Waals surface area contributed by atoms with E-state index in [2.05, 4.69) is 15.6 Å². The molecule has 2 N–H and O–H groups in total. The van der Waals surface area contributed by atoms with Crippen LogP contribution in [0.5, 0.6) is 0 Å². The maximum atomic E-state index is 12.7. The molecule has 1 aliphatic rings. The fraction of sp³-hybridized carbons (Fsp3) is 0.250. The summed E-state index contributed by atoms with van der Waals surface area (Å²) in [4.78, 5) is 41.5. The predicted molar refractivity (Wildman–Crippen MR) is 121 cm³/mol. The molecule has 2 amide bonds. The van der Waals surface area contributed by atoms with Crippen LogP contribution in [0, 0.1) is 6.92 Å². The van der Waals surface area contributed by atoms with Crippen molar-refractivity contribution in [2.45, 2.75) is 26.8 Å². The van der Waals surface area contributed by atoms with E-state index in [4.69, 9.17) is 9.47 Å². The Hall–Kier alpha value is -4.14. The van der Waals surface area contributed by atoms with Gasteiger partial charge in [-0.05, 0) is 51.1 Å². The highest BCUT2D eigenvalue weighted by Gasteiger charge is 2.30. The fourth-order valence-electron chi connectivity index (χ4n) is 3.84. The summed E-state index contributed by atoms with van der Waals surface area (Å²) in [5, 5.41) is 5.14. The lowest BCUT2D eigenvalue weighted by Crippen LogP contribution is -2.50. The molecule has 0 aliphatic carbocycles. The van der Waals surface area contributed by atoms with Gasteiger partial charge in [0.1, 0.15) is 12.4 Å². The Morgan fingerprint density at radius 1 is 1.09 bits per heavy atom. The van der Waals surface area contributed by atoms with Crippen molar-refractivity contribution in [3.63, 3.8) is 0 Å². The molecule has 1 aromatic heterocycles. The molecule has 0 saturated carbocycles. The van der Waals surface area contributed by atoms with Crippen LogP contribution in [0.25, 0.3) is 16.7 Å². The van der Waals surface area contributed by atoms with Crippen LogP contribution in [0.15, 0.2) is 59.8 Å². The minimum absolute atomic E-state index is 0.186. The summed E-state index contributed by atoms with van der Waals surface area (Å²) in [5.74, 6) is -0.385. The monoisotopic (exact) mass is 448 g/mol. The normalized spacial score (nSPS) is 15.7. The zero-order valence-corrected chi connectivity index (χ0v) is 18.5. The molecule has 0 radical (unpaired) electrons. The highest BCUT2D eigenvalue weighted by Crippen LogP contribution is 2.23. The summed E-state index contributed by atoms with van der Waals surface area (Å²) in [7, 11) is 0. The Morgan fingerprint density at radius 3 is 2.58 bits per heavy atom. The molecule has 0 saturated heterocycles. The molecular formula is C24H24N4O5. The number of hydrogen-bond donors (Lipinski definition) is 2. The Kier molecular flexibility index (Phi) is 6.12. The number of para-hydroxylation sites is 1. The zero-order chi connectivity index (χ0) is 23.5. The van der Waals surface area contributed by atoms with Crippen LogP contribution in [-0.4, -0.2) is 46.8 Å². The predicted octanol–water partition coefficient (Wildman–Crippen LogP) is 3.01. The molecule has 9 heteroatoms. The number of esters is 2. The summed E-state index contributed by atoms with van der Waals surface area (Å²) in [6.45, 7) is 5.15. The Balaban J connectivity index is 1.57. The summed E-state index contributed by atoms with van der Waals surface area (Å²) in [5.41, 5.74) is 3.22. The average Bonchev–Trinajstić information content (AvgIpc) is 3.12. The van der Waals surface area contributed by atoms with E-state index < -0.39 is 24.0 Å². The summed E-state index contributed by atoms with van der Waals surface area (Å²) < 4.78 is 12.5. The van der Waals surface area contributed by atoms with Crippen LogP contribution in [0.3, 0.4) is 0 Å². The first-order valence-corrected chi connectivity index (χ1v) is 10.6. The average molecular weight is 448 g/mol. The second kappa shape index (κ2) is 9.15. The van der Waals surface area contributed by atoms with Gasteiger partial charge in [0.05, 0.1) is 40.5 Å². The van der Waals surface area contributed by atoms with E-state index in [1.54, 1.807) is 26.0 Å². The summed E-state index contributed by atoms with van der Waals surface area (Å²) in [6, 6.07) is 13.9. The van der Waals surface area contributed by atoms with Gasteiger partial charge >= 0.3 is 18.0 Å². The van der Waals surface area contributed by atoms with Crippen molar-refractivity contribution in [1.82, 2.24) is 20.2 Å². The molecule has 4 rings (SSSR count). The highest BCUT2D eigenvalue weighted by atomic mass is 16.5. The summed E-state index contributed by atoms with van der Waals surface area (Å²) >= 11 is 0. The van der Waals surface area contributed by atoms with Gasteiger partial charge in [0.15, 0.2) is 0 Å². The number of carbonyl (C=O) groups excluding carboxylic acids is 3. The van der Waals surface area contributed by atoms with Gasteiger partial charge in [-0.1, -0.05) is 18.2 Å². The Bertz CT molecular complexity index is 1260. The minimum atomic E-state index is -0.597. The second-order valence-electron chi connectivity index (χ2n) is 7.54. The largest absolute Gasteiger partial charge is 0.463 e. The topological polar surface area (TPSA) is 112 Å². The number of carbonyl (C=O) groups is 3. The maximum absolute atomic E-state index is 12.7. The van der Waals surface area contributed by atoms with Gasteiger partial charge < -0.3 is 20.1 Å². The third-order valence-electron chi connectivity index (χ3n) is 5.29. The molecule has 1 aliphatic heterocycles. The molecule has 170 valence electrons. The number of nitrogens with one attached hydrogen (secondary N) is 2. The van der Waals surface area contributed by atoms with Crippen LogP contribution >= 0.6 is 0 Å². The molecule has 0 unspecified atom stereocenters. The first-order valence-electron chi connectivity index (χ1n) is 10.6. The SMILES string of the molecule is CCOC(=O)C1=C(COC(=O)c2ccc3c(c2)nc(C)n3-c2ccccc2)NC(=O)N[C@@H]1C. The first-order chi connectivity index (χ1) is 15.9. The van der Waals surface area contributed by atoms with Gasteiger partial charge in [-0.3, -0.25) is 4.57 Å². The molecule has 33 heavy (non-hydrogen) atoms. The number of imidazole rings is 1. The van der Waals surface area contributed by atoms with Crippen molar-refractivity contribution in [2.75, 3.05) is 13.2 Å². The van der Waals surface area contributed by atoms with Gasteiger partial charge in [0.2, 0.25) is 0 Å². The fourth-order valence-corrected chi connectivity index (χ4v) is 3.84. The minimum Gasteiger partial charge on any atom is -0.463 e. The molecule has 2 heterocycles. The quantitative estimate of drug-likeness (QED) is 0.561. The lowest BCUT2D eigenvalue weighted by molar-refractivity contribution is -0.139. The van der Waals surface area contributed by atoms with Gasteiger partial charge in [-0.25, -0.2) is 19.4 Å². The molecule has 1 atom stereocenters. The first kappa shape index (κ1) is 22.1. The standard InChI is InChI=1S/C24H24N4O5/c1-4-32-23(30)21-14(2)25-24(31)27-19(21)13-33-22(29)16-10-11-20-18(12-16)26-15(3)28(20)17-8-6-5-7-9-17/h5-12,14H,4,13H2,1-3H3,(H2,25,27,31)/t14-/m1/s1. The second-order valence-corrected chi connectivity index (χ2v) is 7.54. The Morgan fingerprint density at radius 2 is 1.85 bits per heavy atom. The van der Waals surface area contributed by atoms with Gasteiger partial charge in [-0.15, -0.1) is 0 Å². The van der Waals surface area contributed by atoms with E-state index in [0.717, 1.165) is 17.0 Å². The van der Waals surface area contributed by atoms with E-state index in [0.29, 0.717) is 11.1 Å². The van der Waals surface area contributed by atoms with Crippen molar-refractivity contribution in [3.05, 3.63) is 71.2 Å². The highest BCUT2D eigenvalue weighted by molar-refractivity contribution is 5.96. The van der Waals surface area contributed by atoms with E-state index in [1.807, 2.05) is 47.9 Å². The number of nitrogens with zero attached hydrogens (tertiary/aromatic N) is 2. The van der Waals surface area contributed by atoms with Crippen molar-refractivity contribution in [2.24, 2.45) is 0 Å². The van der Waals surface area contributed by atoms with Crippen molar-refractivity contribution < 1.29 is 23.9 Å². The van der Waals surface area contributed by atoms with Crippen LogP contribution in [0.4, 0.5) is 4.79 Å². The van der Waals surface area contributed by atoms with Crippen LogP contribution in [-0.2, 0) is 14.3 Å². The molecule has 0 bridgehead atoms. The van der Waals surface area contributed by atoms with Crippen molar-refractivity contribution in [1.29, 1.82) is 0 Å². The third-order valence-corrected chi connectivity index (χ3v) is 5.29. The number of fused-ring (bicyclic) bond motifs is 1. The van der Waals surface area contributed by atoms with E-state index in [9.17, 15) is 14.4 Å². The summed E-state index contributed by atoms with van der Waals surface area (Å²) in [6.07, 6.45) is 0. The molecule has 2 aromatic carbocycles. The van der Waals surface area contributed by atoms with Gasteiger partial charge in [0, 0.05) is 5.69 Å². The van der Waals surface area contributed by atoms with E-state index in [1.165, 1.54) is 0 Å². The number of urea groups is 1. The van der Waals surface area contributed by atoms with Gasteiger partial charge in [0.25, 0.3) is 0 Å². The molecule has 3 aromatic rings. The maximum Gasteiger partial charge on any atom is 0.338 e. The van der Waals surface area contributed by atoms with Crippen molar-refractivity contribution >= 4 is 29.0 Å². The zero-order valence-electron chi connectivity index (χ0n) is 18.5. The molecular weight excluding hydrogens is 424 g/mol. The van der Waals surface area contributed by atoms with E-state index >= 15 is 0 Å². The van der Waals surface area contributed by atoms with Gasteiger partial charge in [-0.2, -0.15) is 0 Å². The van der Waals surface area contributed by atoms with Crippen LogP contribution in [0.2, 0.25) is 0 Å². The number of hydrogen-bond acceptors (Lipinski definition) is 6. The molecule has 0 fully saturated rings. The molecule has 0 spiro atoms. The van der Waals surface area contributed by atoms with Crippen LogP contribution < -0.4 is 10.6 Å². The number of aromatic nitrogens is 2. The number of ether oxygens (including phenoxy) is 2. The van der Waals surface area contributed by atoms with E-state index in [-0.39, 0.29) is 24.5 Å². The van der Waals surface area contributed by atoms with Crippen LogP contribution in [0.1, 0.15) is 30.0 Å². The lowest BCUT2D eigenvalue weighted by atomic mass is 10.0. The number of aryl methyl sites for hydroxylation is 1.